The minimum atomic E-state index is -0.291. The first-order valence-corrected chi connectivity index (χ1v) is 10.1. The smallest absolute Gasteiger partial charge is 0.319 e. The van der Waals surface area contributed by atoms with Crippen LogP contribution in [0.4, 0.5) is 21.0 Å². The lowest BCUT2D eigenvalue weighted by atomic mass is 10.2. The Morgan fingerprint density at radius 2 is 1.44 bits per heavy atom. The van der Waals surface area contributed by atoms with Crippen molar-refractivity contribution in [3.05, 3.63) is 68.5 Å². The molecular formula is C19H20N4O2S2. The molecule has 0 atom stereocenters. The second kappa shape index (κ2) is 9.20. The summed E-state index contributed by atoms with van der Waals surface area (Å²) in [5.41, 5.74) is 2.17. The largest absolute Gasteiger partial charge is 0.333 e. The molecule has 0 fully saturated rings. The van der Waals surface area contributed by atoms with E-state index >= 15 is 0 Å². The van der Waals surface area contributed by atoms with Gasteiger partial charge in [0.25, 0.3) is 0 Å². The van der Waals surface area contributed by atoms with Gasteiger partial charge in [-0.1, -0.05) is 18.2 Å². The Morgan fingerprint density at radius 3 is 2.00 bits per heavy atom. The molecule has 3 aromatic rings. The molecule has 140 valence electrons. The lowest BCUT2D eigenvalue weighted by Crippen LogP contribution is -2.29. The van der Waals surface area contributed by atoms with Crippen LogP contribution in [0.1, 0.15) is 15.3 Å². The van der Waals surface area contributed by atoms with Crippen LogP contribution >= 0.6 is 22.7 Å². The average molecular weight is 401 g/mol. The first-order chi connectivity index (χ1) is 13.1. The summed E-state index contributed by atoms with van der Waals surface area (Å²) in [6, 6.07) is 12.6. The zero-order chi connectivity index (χ0) is 19.1. The number of urea groups is 2. The second-order valence-corrected chi connectivity index (χ2v) is 7.87. The van der Waals surface area contributed by atoms with Gasteiger partial charge in [0.1, 0.15) is 0 Å². The highest BCUT2D eigenvalue weighted by molar-refractivity contribution is 7.10. The Balaban J connectivity index is 1.53. The zero-order valence-electron chi connectivity index (χ0n) is 14.7. The molecule has 0 aliphatic carbocycles. The van der Waals surface area contributed by atoms with Gasteiger partial charge in [-0.05, 0) is 47.5 Å². The molecule has 0 bridgehead atoms. The maximum atomic E-state index is 12.1. The summed E-state index contributed by atoms with van der Waals surface area (Å²) in [7, 11) is 0. The molecule has 6 nitrogen and oxygen atoms in total. The van der Waals surface area contributed by atoms with Crippen LogP contribution in [0.25, 0.3) is 0 Å². The van der Waals surface area contributed by atoms with E-state index in [0.717, 1.165) is 15.3 Å². The highest BCUT2D eigenvalue weighted by atomic mass is 32.1. The monoisotopic (exact) mass is 400 g/mol. The van der Waals surface area contributed by atoms with E-state index < -0.39 is 0 Å². The van der Waals surface area contributed by atoms with Crippen LogP contribution in [0.15, 0.2) is 53.2 Å². The topological polar surface area (TPSA) is 82.3 Å². The number of nitrogens with one attached hydrogen (secondary N) is 4. The Bertz CT molecular complexity index is 893. The lowest BCUT2D eigenvalue weighted by Gasteiger charge is -2.12. The van der Waals surface area contributed by atoms with Gasteiger partial charge in [0.2, 0.25) is 0 Å². The van der Waals surface area contributed by atoms with Gasteiger partial charge in [0.15, 0.2) is 0 Å². The van der Waals surface area contributed by atoms with Crippen molar-refractivity contribution < 1.29 is 9.59 Å². The molecule has 0 spiro atoms. The van der Waals surface area contributed by atoms with Crippen molar-refractivity contribution in [1.29, 1.82) is 0 Å². The van der Waals surface area contributed by atoms with E-state index in [-0.39, 0.29) is 12.1 Å². The Labute approximate surface area is 165 Å². The Kier molecular flexibility index (Phi) is 6.45. The molecule has 4 N–H and O–H groups in total. The summed E-state index contributed by atoms with van der Waals surface area (Å²) in [4.78, 5) is 26.3. The van der Waals surface area contributed by atoms with E-state index in [4.69, 9.17) is 0 Å². The Hall–Kier alpha value is -2.84. The molecule has 2 heterocycles. The first-order valence-electron chi connectivity index (χ1n) is 8.35. The van der Waals surface area contributed by atoms with Gasteiger partial charge >= 0.3 is 12.1 Å². The first kappa shape index (κ1) is 18.9. The van der Waals surface area contributed by atoms with Gasteiger partial charge in [-0.25, -0.2) is 9.59 Å². The maximum absolute atomic E-state index is 12.1. The highest BCUT2D eigenvalue weighted by Gasteiger charge is 2.08. The number of rotatable bonds is 6. The number of amides is 4. The number of aryl methyl sites for hydroxylation is 1. The molecule has 27 heavy (non-hydrogen) atoms. The summed E-state index contributed by atoms with van der Waals surface area (Å²) in [6.07, 6.45) is 0. The quantitative estimate of drug-likeness (QED) is 0.481. The molecular weight excluding hydrogens is 380 g/mol. The molecule has 4 amide bonds. The SMILES string of the molecule is Cc1ccc(NC(=O)NCc2cccs2)cc1NC(=O)NCc1cccs1. The van der Waals surface area contributed by atoms with Crippen molar-refractivity contribution in [2.45, 2.75) is 20.0 Å². The second-order valence-electron chi connectivity index (χ2n) is 5.80. The normalized spacial score (nSPS) is 10.3. The number of hydrogen-bond donors (Lipinski definition) is 4. The third-order valence-corrected chi connectivity index (χ3v) is 5.50. The summed E-state index contributed by atoms with van der Waals surface area (Å²) in [5.74, 6) is 0. The third-order valence-electron chi connectivity index (χ3n) is 3.75. The zero-order valence-corrected chi connectivity index (χ0v) is 16.4. The fraction of sp³-hybridized carbons (Fsp3) is 0.158. The molecule has 1 aromatic carbocycles. The standard InChI is InChI=1S/C19H20N4O2S2/c1-13-6-7-14(22-18(24)20-11-15-4-2-8-26-15)10-17(13)23-19(25)21-12-16-5-3-9-27-16/h2-10H,11-12H2,1H3,(H2,20,22,24)(H2,21,23,25). The van der Waals surface area contributed by atoms with Gasteiger partial charge in [0.05, 0.1) is 13.1 Å². The molecule has 0 saturated carbocycles. The van der Waals surface area contributed by atoms with Gasteiger partial charge in [-0.2, -0.15) is 0 Å². The van der Waals surface area contributed by atoms with Crippen molar-refractivity contribution in [3.63, 3.8) is 0 Å². The van der Waals surface area contributed by atoms with Crippen molar-refractivity contribution >= 4 is 46.1 Å². The van der Waals surface area contributed by atoms with Crippen LogP contribution in [-0.2, 0) is 13.1 Å². The minimum Gasteiger partial charge on any atom is -0.333 e. The van der Waals surface area contributed by atoms with Gasteiger partial charge in [-0.15, -0.1) is 22.7 Å². The molecule has 0 unspecified atom stereocenters. The van der Waals surface area contributed by atoms with E-state index in [1.807, 2.05) is 48.0 Å². The Morgan fingerprint density at radius 1 is 0.852 bits per heavy atom. The number of benzene rings is 1. The van der Waals surface area contributed by atoms with Crippen LogP contribution in [0.2, 0.25) is 0 Å². The van der Waals surface area contributed by atoms with E-state index in [9.17, 15) is 9.59 Å². The van der Waals surface area contributed by atoms with Crippen LogP contribution in [0.3, 0.4) is 0 Å². The van der Waals surface area contributed by atoms with Crippen molar-refractivity contribution in [2.24, 2.45) is 0 Å². The predicted octanol–water partition coefficient (Wildman–Crippen LogP) is 4.76. The van der Waals surface area contributed by atoms with Crippen molar-refractivity contribution in [1.82, 2.24) is 10.6 Å². The molecule has 0 aliphatic rings. The molecule has 3 rings (SSSR count). The van der Waals surface area contributed by atoms with E-state index in [1.165, 1.54) is 0 Å². The van der Waals surface area contributed by atoms with Gasteiger partial charge in [0, 0.05) is 21.1 Å². The molecule has 8 heteroatoms. The van der Waals surface area contributed by atoms with Gasteiger partial charge < -0.3 is 21.3 Å². The third kappa shape index (κ3) is 5.83. The maximum Gasteiger partial charge on any atom is 0.319 e. The van der Waals surface area contributed by atoms with Crippen LogP contribution in [-0.4, -0.2) is 12.1 Å². The van der Waals surface area contributed by atoms with Crippen molar-refractivity contribution in [2.75, 3.05) is 10.6 Å². The highest BCUT2D eigenvalue weighted by Crippen LogP contribution is 2.20. The molecule has 0 radical (unpaired) electrons. The van der Waals surface area contributed by atoms with Gasteiger partial charge in [-0.3, -0.25) is 0 Å². The van der Waals surface area contributed by atoms with E-state index in [0.29, 0.717) is 24.5 Å². The number of carbonyl (C=O) groups is 2. The number of thiophene rings is 2. The number of hydrogen-bond acceptors (Lipinski definition) is 4. The molecule has 2 aromatic heterocycles. The lowest BCUT2D eigenvalue weighted by molar-refractivity contribution is 0.251. The van der Waals surface area contributed by atoms with Crippen molar-refractivity contribution in [3.8, 4) is 0 Å². The fourth-order valence-corrected chi connectivity index (χ4v) is 3.63. The van der Waals surface area contributed by atoms with E-state index in [1.54, 1.807) is 34.8 Å². The average Bonchev–Trinajstić information content (AvgIpc) is 3.35. The summed E-state index contributed by atoms with van der Waals surface area (Å²) in [6.45, 7) is 2.85. The van der Waals surface area contributed by atoms with Crippen LogP contribution in [0, 0.1) is 6.92 Å². The van der Waals surface area contributed by atoms with Crippen LogP contribution < -0.4 is 21.3 Å². The minimum absolute atomic E-state index is 0.286. The number of anilines is 2. The summed E-state index contributed by atoms with van der Waals surface area (Å²) >= 11 is 3.18. The molecule has 0 saturated heterocycles. The summed E-state index contributed by atoms with van der Waals surface area (Å²) in [5, 5.41) is 15.2. The summed E-state index contributed by atoms with van der Waals surface area (Å²) < 4.78 is 0. The molecule has 0 aliphatic heterocycles. The van der Waals surface area contributed by atoms with E-state index in [2.05, 4.69) is 21.3 Å². The predicted molar refractivity (Wildman–Crippen MR) is 112 cm³/mol. The fourth-order valence-electron chi connectivity index (χ4n) is 2.34. The van der Waals surface area contributed by atoms with Crippen LogP contribution in [0.5, 0.6) is 0 Å². The number of carbonyl (C=O) groups excluding carboxylic acids is 2.